The number of nitrogens with two attached hydrogens (primary N) is 2. The molecule has 39 nitrogen and oxygen atoms in total. The van der Waals surface area contributed by atoms with Crippen molar-refractivity contribution in [3.8, 4) is 22.3 Å². The fourth-order valence-electron chi connectivity index (χ4n) is 13.4. The Labute approximate surface area is 838 Å². The Bertz CT molecular complexity index is 6300. The van der Waals surface area contributed by atoms with E-state index in [1.165, 1.54) is 144 Å². The molecule has 6 aliphatic heterocycles. The molecule has 47 heteroatoms. The van der Waals surface area contributed by atoms with E-state index in [1.54, 1.807) is 29.0 Å². The van der Waals surface area contributed by atoms with E-state index < -0.39 is 94.2 Å². The predicted octanol–water partition coefficient (Wildman–Crippen LogP) is 11.8. The lowest BCUT2D eigenvalue weighted by Crippen LogP contribution is -2.71. The van der Waals surface area contributed by atoms with Crippen LogP contribution in [0.5, 0.6) is 0 Å². The molecule has 0 aliphatic carbocycles. The first kappa shape index (κ1) is 106. The zero-order valence-corrected chi connectivity index (χ0v) is 81.7. The van der Waals surface area contributed by atoms with Gasteiger partial charge in [0.2, 0.25) is 11.6 Å². The van der Waals surface area contributed by atoms with Gasteiger partial charge in [0.1, 0.15) is 103 Å². The number of ether oxygens (including phenoxy) is 2. The third kappa shape index (κ3) is 29.1. The van der Waals surface area contributed by atoms with Crippen LogP contribution >= 0.6 is 93.7 Å². The molecule has 0 spiro atoms. The van der Waals surface area contributed by atoms with Crippen LogP contribution in [0.25, 0.3) is 22.3 Å². The molecule has 5 amide bonds. The van der Waals surface area contributed by atoms with Crippen molar-refractivity contribution < 1.29 is 116 Å². The molecule has 12 N–H and O–H groups in total. The fraction of sp³-hybridized carbons (Fsp3) is 0.202. The number of esters is 2. The van der Waals surface area contributed by atoms with E-state index >= 15 is 0 Å². The van der Waals surface area contributed by atoms with Crippen LogP contribution in [0.15, 0.2) is 293 Å². The molecule has 732 valence electrons. The number of fused-ring (bicyclic) bond motifs is 3. The number of carboxylic acids is 4. The number of nitrogen functional groups attached to an aromatic ring is 1. The summed E-state index contributed by atoms with van der Waals surface area (Å²) in [5.74, 6) is -7.64. The largest absolute Gasteiger partial charge is 0.477 e. The number of nitrogens with zero attached hydrogens (tertiary/aromatic N) is 9. The molecule has 6 aliphatic rings. The summed E-state index contributed by atoms with van der Waals surface area (Å²) >= 11 is 12.0. The van der Waals surface area contributed by atoms with Crippen molar-refractivity contribution in [3.63, 3.8) is 0 Å². The van der Waals surface area contributed by atoms with Crippen molar-refractivity contribution in [2.75, 3.05) is 73.9 Å². The normalized spacial score (nSPS) is 16.9. The Morgan fingerprint density at radius 2 is 0.809 bits per heavy atom. The van der Waals surface area contributed by atoms with Crippen LogP contribution in [-0.2, 0) is 89.8 Å². The van der Waals surface area contributed by atoms with Crippen LogP contribution in [0.1, 0.15) is 63.2 Å². The Kier molecular flexibility index (Phi) is 39.8. The molecule has 3 fully saturated rings. The third-order valence-corrected chi connectivity index (χ3v) is 27.4. The highest BCUT2D eigenvalue weighted by molar-refractivity contribution is 8.14. The van der Waals surface area contributed by atoms with E-state index in [9.17, 15) is 72.5 Å². The standard InChI is InChI=1S/C23H23N5O7S2.C19H17N5O7S3.C13H13N3O3S.2C12H10.C10H12N2O5S.C5H4O2S/c1-12(29)35-9-14-10-36-21-17(20(31)28(21)18(14)22(32)33)26-19(30)16(27-34-2)15-11-37-23(25-15)24-8-13-6-4-3-5-7-13;1-30-23-11(9-7-34-19(20)21-9)14(25)22-12-15(26)24-13(17(27)28)8(5-32-16(12)24)6-33-18(29)10-3-2-4-31-10;1-19-16-11(12(17)18)10-8-20-13(15-10)14-7-9-5-3-2-4-6-9;2*1-3-7-11(8-4-1)12-9-5-2-6-10-12;1-4(13)17-2-5-3-18-9-6(11)8(14)12(9)7(5)10(15)16;6-5(8)4-2-1-3-7-4/h3-7,11,17,21H,8-10H2,1-2H3,(H,24,25)(H,26,30)(H,32,33);2-4,7,12,16H,5-6H2,1H3,(H2,20,21)(H,22,25)(H,27,28);2-6,8H,7H2,1H3,(H,14,15)(H,17,18);2*1-10H;6,9H,2-3,11H2,1H3,(H,15,16);1-3H,(H,6,8)/b27-16-;23-11-;16-11-;;;;/t17-,21-;12-,16-;;;;6-,9-;/m11...1./s1. The zero-order valence-electron chi connectivity index (χ0n) is 75.1. The van der Waals surface area contributed by atoms with Gasteiger partial charge in [-0.1, -0.05) is 222 Å². The number of benzene rings is 6. The molecular formula is C94H89N15O24S8. The quantitative estimate of drug-likeness (QED) is 0.00655. The number of rotatable bonds is 30. The number of carbonyl (C=O) groups excluding carboxylic acids is 9. The molecule has 11 aromatic rings. The van der Waals surface area contributed by atoms with Crippen LogP contribution in [0.4, 0.5) is 15.4 Å². The maximum absolute atomic E-state index is 13.1. The average Bonchev–Trinajstić information content (AvgIpc) is 1.30. The van der Waals surface area contributed by atoms with E-state index in [2.05, 4.69) is 171 Å². The number of carboxylic acid groups (broad SMARTS) is 4. The number of β-lactam (4-membered cyclic amide) rings is 3. The van der Waals surface area contributed by atoms with Crippen LogP contribution in [0.3, 0.4) is 0 Å². The molecule has 0 saturated carbocycles. The van der Waals surface area contributed by atoms with Crippen LogP contribution in [0, 0.1) is 0 Å². The number of nitrogens with one attached hydrogen (secondary N) is 4. The van der Waals surface area contributed by atoms with E-state index in [0.717, 1.165) is 44.0 Å². The third-order valence-electron chi connectivity index (χ3n) is 19.9. The number of oxime groups is 3. The lowest BCUT2D eigenvalue weighted by Gasteiger charge is -2.49. The van der Waals surface area contributed by atoms with Crippen LogP contribution < -0.4 is 32.7 Å². The molecule has 5 aromatic heterocycles. The molecule has 141 heavy (non-hydrogen) atoms. The summed E-state index contributed by atoms with van der Waals surface area (Å²) in [7, 11) is 3.84. The fourth-order valence-corrected chi connectivity index (χ4v) is 20.3. The van der Waals surface area contributed by atoms with E-state index in [4.69, 9.17) is 45.2 Å². The van der Waals surface area contributed by atoms with Gasteiger partial charge in [-0.3, -0.25) is 57.9 Å². The number of thioether (sulfide) groups is 4. The van der Waals surface area contributed by atoms with Crippen molar-refractivity contribution in [2.24, 2.45) is 21.2 Å². The Morgan fingerprint density at radius 3 is 1.16 bits per heavy atom. The molecule has 0 unspecified atom stereocenters. The first-order valence-electron chi connectivity index (χ1n) is 41.8. The summed E-state index contributed by atoms with van der Waals surface area (Å²) in [5.41, 5.74) is 19.3. The second-order valence-corrected chi connectivity index (χ2v) is 36.6. The number of aliphatic carboxylic acids is 4. The highest BCUT2D eigenvalue weighted by Crippen LogP contribution is 2.44. The Hall–Kier alpha value is -15.0. The van der Waals surface area contributed by atoms with Gasteiger partial charge in [-0.25, -0.2) is 34.1 Å². The smallest absolute Gasteiger partial charge is 0.360 e. The number of thiazole rings is 3. The first-order valence-corrected chi connectivity index (χ1v) is 49.0. The number of hydrogen-bond donors (Lipinski definition) is 11. The second-order valence-electron chi connectivity index (χ2n) is 29.3. The van der Waals surface area contributed by atoms with Gasteiger partial charge in [0, 0.05) is 77.2 Å². The molecule has 6 atom stereocenters. The van der Waals surface area contributed by atoms with Crippen molar-refractivity contribution in [3.05, 3.63) is 308 Å². The highest BCUT2D eigenvalue weighted by atomic mass is 32.2. The van der Waals surface area contributed by atoms with Crippen molar-refractivity contribution in [1.29, 1.82) is 0 Å². The average molecular weight is 2070 g/mol. The zero-order chi connectivity index (χ0) is 101. The molecule has 0 bridgehead atoms. The molecule has 0 radical (unpaired) electrons. The van der Waals surface area contributed by atoms with Gasteiger partial charge in [-0.2, -0.15) is 0 Å². The number of amides is 5. The molecule has 3 saturated heterocycles. The number of thiol groups is 1. The maximum atomic E-state index is 13.1. The minimum absolute atomic E-state index is 0.0809. The molecular weight excluding hydrogens is 1980 g/mol. The summed E-state index contributed by atoms with van der Waals surface area (Å²) in [6.45, 7) is 3.27. The lowest BCUT2D eigenvalue weighted by atomic mass is 10.0. The monoisotopic (exact) mass is 2070 g/mol. The maximum Gasteiger partial charge on any atom is 0.360 e. The van der Waals surface area contributed by atoms with Crippen LogP contribution in [-0.4, -0.2) is 235 Å². The van der Waals surface area contributed by atoms with Gasteiger partial charge in [-0.05, 0) is 63.2 Å². The Balaban J connectivity index is 0.000000166. The van der Waals surface area contributed by atoms with Gasteiger partial charge in [-0.15, -0.1) is 69.3 Å². The molecule has 11 heterocycles. The summed E-state index contributed by atoms with van der Waals surface area (Å²) in [4.78, 5) is 184. The predicted molar refractivity (Wildman–Crippen MR) is 536 cm³/mol. The van der Waals surface area contributed by atoms with E-state index in [1.807, 2.05) is 84.9 Å². The van der Waals surface area contributed by atoms with Crippen molar-refractivity contribution >= 4 is 202 Å². The number of carbonyl (C=O) groups is 13. The van der Waals surface area contributed by atoms with Gasteiger partial charge in [0.15, 0.2) is 38.3 Å². The molecule has 17 rings (SSSR count). The van der Waals surface area contributed by atoms with Gasteiger partial charge < -0.3 is 86.0 Å². The van der Waals surface area contributed by atoms with E-state index in [0.29, 0.717) is 45.8 Å². The molecule has 6 aromatic carbocycles. The number of hydrogen-bond acceptors (Lipinski definition) is 37. The van der Waals surface area contributed by atoms with E-state index in [-0.39, 0.29) is 114 Å². The number of anilines is 3. The summed E-state index contributed by atoms with van der Waals surface area (Å²) in [6, 6.07) is 64.9. The summed E-state index contributed by atoms with van der Waals surface area (Å²) in [6.07, 6.45) is 2.81. The van der Waals surface area contributed by atoms with Gasteiger partial charge >= 0.3 is 35.8 Å². The number of furan rings is 2. The van der Waals surface area contributed by atoms with Crippen LogP contribution in [0.2, 0.25) is 0 Å². The van der Waals surface area contributed by atoms with Gasteiger partial charge in [0.05, 0.1) is 12.5 Å². The second kappa shape index (κ2) is 52.7. The van der Waals surface area contributed by atoms with Crippen molar-refractivity contribution in [2.45, 2.75) is 61.2 Å². The minimum Gasteiger partial charge on any atom is -0.477 e. The highest BCUT2D eigenvalue weighted by Gasteiger charge is 2.57. The summed E-state index contributed by atoms with van der Waals surface area (Å²) in [5, 5.41) is 64.0. The van der Waals surface area contributed by atoms with Crippen molar-refractivity contribution in [1.82, 2.24) is 40.3 Å². The van der Waals surface area contributed by atoms with Gasteiger partial charge in [0.25, 0.3) is 33.9 Å². The number of aromatic nitrogens is 3. The topological polar surface area (TPSA) is 561 Å². The first-order chi connectivity index (χ1) is 68.0. The summed E-state index contributed by atoms with van der Waals surface area (Å²) < 4.78 is 19.4. The Morgan fingerprint density at radius 1 is 0.461 bits per heavy atom. The minimum atomic E-state index is -1.31. The lowest BCUT2D eigenvalue weighted by molar-refractivity contribution is -0.150. The SMILES string of the molecule is CC(=O)OCC1=C(C(=O)O)N2C(=O)[C@@H](N)[C@H]2SC1.CO/N=C(\C(=O)N[C@@H]1C(=O)N2C(C(=O)O)=C(COC(C)=O)CS[C@H]12)c1csc(NCc2ccccc2)n1.CO/N=C(\C(=O)N[C@@H]1C(=O)N2C(C(=O)O)=C(CSC(=O)c3ccco3)CS[C@H]12)c1csc(N)n1.CO/N=C(\C(=O)O)c1csc(NCc2ccccc2)n1.O=C(S)c1ccco1.c1ccc(-c2ccccc2)cc1.c1ccc(-c2ccccc2)cc1.